The van der Waals surface area contributed by atoms with E-state index in [-0.39, 0.29) is 5.50 Å². The van der Waals surface area contributed by atoms with Gasteiger partial charge in [-0.25, -0.2) is 4.58 Å². The first-order chi connectivity index (χ1) is 4.72. The van der Waals surface area contributed by atoms with E-state index in [9.17, 15) is 0 Å². The number of hydrogen-bond donors (Lipinski definition) is 0. The van der Waals surface area contributed by atoms with Gasteiger partial charge in [0.1, 0.15) is 12.3 Å². The molecule has 10 heavy (non-hydrogen) atoms. The van der Waals surface area contributed by atoms with E-state index < -0.39 is 0 Å². The van der Waals surface area contributed by atoms with E-state index in [2.05, 4.69) is 18.4 Å². The zero-order valence-corrected chi connectivity index (χ0v) is 7.49. The molecule has 1 rings (SSSR count). The van der Waals surface area contributed by atoms with Gasteiger partial charge in [0, 0.05) is 26.7 Å². The van der Waals surface area contributed by atoms with Crippen LogP contribution in [0, 0.1) is 0 Å². The molecule has 0 N–H and O–H groups in total. The molecule has 1 aliphatic rings. The highest BCUT2D eigenvalue weighted by atomic mass is 35.5. The molecule has 0 aliphatic carbocycles. The first-order valence-corrected chi connectivity index (χ1v) is 4.36. The van der Waals surface area contributed by atoms with Gasteiger partial charge < -0.3 is 0 Å². The molecule has 0 saturated carbocycles. The number of alkyl halides is 1. The van der Waals surface area contributed by atoms with Gasteiger partial charge >= 0.3 is 0 Å². The van der Waals surface area contributed by atoms with Crippen molar-refractivity contribution in [3.8, 4) is 0 Å². The van der Waals surface area contributed by atoms with Gasteiger partial charge in [0.25, 0.3) is 0 Å². The van der Waals surface area contributed by atoms with Crippen molar-refractivity contribution in [3.63, 3.8) is 0 Å². The summed E-state index contributed by atoms with van der Waals surface area (Å²) in [5.41, 5.74) is 1.61. The summed E-state index contributed by atoms with van der Waals surface area (Å²) in [6, 6.07) is 0. The predicted molar refractivity (Wildman–Crippen MR) is 45.0 cm³/mol. The maximum Gasteiger partial charge on any atom is 0.227 e. The van der Waals surface area contributed by atoms with Crippen LogP contribution in [-0.4, -0.2) is 22.3 Å². The summed E-state index contributed by atoms with van der Waals surface area (Å²) >= 11 is 6.08. The van der Waals surface area contributed by atoms with Gasteiger partial charge in [0.05, 0.1) is 0 Å². The van der Waals surface area contributed by atoms with Gasteiger partial charge in [-0.2, -0.15) is 0 Å². The summed E-state index contributed by atoms with van der Waals surface area (Å²) in [7, 11) is 0. The van der Waals surface area contributed by atoms with Crippen LogP contribution in [0.4, 0.5) is 0 Å². The first kappa shape index (κ1) is 8.06. The molecule has 1 unspecified atom stereocenters. The number of hydrogen-bond acceptors (Lipinski definition) is 0. The van der Waals surface area contributed by atoms with Gasteiger partial charge in [-0.05, 0) is 18.0 Å². The molecule has 1 aliphatic heterocycles. The van der Waals surface area contributed by atoms with E-state index in [0.29, 0.717) is 0 Å². The van der Waals surface area contributed by atoms with Gasteiger partial charge in [-0.1, -0.05) is 0 Å². The smallest absolute Gasteiger partial charge is 0.221 e. The van der Waals surface area contributed by atoms with Crippen molar-refractivity contribution in [1.82, 2.24) is 0 Å². The third kappa shape index (κ3) is 1.72. The molecule has 0 aromatic heterocycles. The molecule has 0 aromatic rings. The van der Waals surface area contributed by atoms with Crippen molar-refractivity contribution in [1.29, 1.82) is 0 Å². The van der Waals surface area contributed by atoms with Crippen molar-refractivity contribution in [2.45, 2.75) is 38.6 Å². The van der Waals surface area contributed by atoms with Gasteiger partial charge in [-0.15, -0.1) is 0 Å². The third-order valence-electron chi connectivity index (χ3n) is 2.00. The Balaban J connectivity index is 2.65. The minimum Gasteiger partial charge on any atom is -0.221 e. The second kappa shape index (κ2) is 3.38. The lowest BCUT2D eigenvalue weighted by molar-refractivity contribution is -0.555. The highest BCUT2D eigenvalue weighted by Crippen LogP contribution is 2.15. The van der Waals surface area contributed by atoms with Gasteiger partial charge in [-0.3, -0.25) is 0 Å². The fraction of sp³-hybridized carbons (Fsp3) is 0.875. The molecular formula is C8H15ClN+. The monoisotopic (exact) mass is 160 g/mol. The summed E-state index contributed by atoms with van der Waals surface area (Å²) in [6.45, 7) is 5.40. The lowest BCUT2D eigenvalue weighted by Gasteiger charge is -2.16. The molecular weight excluding hydrogens is 146 g/mol. The molecule has 0 bridgehead atoms. The molecule has 1 fully saturated rings. The molecule has 0 radical (unpaired) electrons. The molecule has 0 aromatic carbocycles. The third-order valence-corrected chi connectivity index (χ3v) is 2.46. The topological polar surface area (TPSA) is 3.01 Å². The lowest BCUT2D eigenvalue weighted by Crippen LogP contribution is -2.30. The summed E-state index contributed by atoms with van der Waals surface area (Å²) < 4.78 is 2.28. The van der Waals surface area contributed by atoms with Crippen LogP contribution in [0.5, 0.6) is 0 Å². The van der Waals surface area contributed by atoms with Crippen LogP contribution < -0.4 is 0 Å². The second-order valence-corrected chi connectivity index (χ2v) is 3.57. The number of nitrogens with zero attached hydrogens (tertiary/aromatic N) is 1. The zero-order valence-electron chi connectivity index (χ0n) is 6.73. The molecule has 1 atom stereocenters. The maximum atomic E-state index is 6.08. The van der Waals surface area contributed by atoms with E-state index in [4.69, 9.17) is 11.6 Å². The van der Waals surface area contributed by atoms with Crippen LogP contribution in [0.25, 0.3) is 0 Å². The summed E-state index contributed by atoms with van der Waals surface area (Å²) in [4.78, 5) is 0. The Hall–Kier alpha value is -0.0400. The molecule has 1 heterocycles. The van der Waals surface area contributed by atoms with Crippen molar-refractivity contribution in [2.24, 2.45) is 0 Å². The maximum absolute atomic E-state index is 6.08. The SMILES string of the molecule is CC(C)=[N+]1CCCCC1Cl. The summed E-state index contributed by atoms with van der Waals surface area (Å²) in [6.07, 6.45) is 3.74. The van der Waals surface area contributed by atoms with Crippen molar-refractivity contribution >= 4 is 17.3 Å². The number of piperidine rings is 1. The Morgan fingerprint density at radius 3 is 2.50 bits per heavy atom. The second-order valence-electron chi connectivity index (χ2n) is 3.07. The Labute approximate surface area is 67.7 Å². The van der Waals surface area contributed by atoms with Crippen LogP contribution in [-0.2, 0) is 0 Å². The minimum atomic E-state index is 0.263. The molecule has 1 saturated heterocycles. The summed E-state index contributed by atoms with van der Waals surface area (Å²) in [5.74, 6) is 0. The average Bonchev–Trinajstić information content (AvgIpc) is 1.88. The fourth-order valence-corrected chi connectivity index (χ4v) is 1.84. The standard InChI is InChI=1S/C8H15ClN/c1-7(2)10-6-4-3-5-8(10)9/h8H,3-6H2,1-2H3/q+1. The van der Waals surface area contributed by atoms with Crippen molar-refractivity contribution in [3.05, 3.63) is 0 Å². The molecule has 1 nitrogen and oxygen atoms in total. The number of rotatable bonds is 0. The Kier molecular flexibility index (Phi) is 2.72. The minimum absolute atomic E-state index is 0.263. The quantitative estimate of drug-likeness (QED) is 0.291. The van der Waals surface area contributed by atoms with Gasteiger partial charge in [0.2, 0.25) is 5.50 Å². The van der Waals surface area contributed by atoms with E-state index in [1.165, 1.54) is 18.6 Å². The Morgan fingerprint density at radius 2 is 2.10 bits per heavy atom. The molecule has 0 spiro atoms. The largest absolute Gasteiger partial charge is 0.227 e. The van der Waals surface area contributed by atoms with Crippen LogP contribution in [0.15, 0.2) is 0 Å². The van der Waals surface area contributed by atoms with Crippen molar-refractivity contribution < 1.29 is 4.58 Å². The first-order valence-electron chi connectivity index (χ1n) is 3.92. The zero-order chi connectivity index (χ0) is 7.56. The molecule has 0 amide bonds. The molecule has 2 heteroatoms. The van der Waals surface area contributed by atoms with E-state index in [0.717, 1.165) is 13.0 Å². The Morgan fingerprint density at radius 1 is 1.40 bits per heavy atom. The van der Waals surface area contributed by atoms with E-state index in [1.807, 2.05) is 0 Å². The Bertz CT molecular complexity index is 147. The average molecular weight is 161 g/mol. The highest BCUT2D eigenvalue weighted by Gasteiger charge is 2.22. The number of halogens is 1. The predicted octanol–water partition coefficient (Wildman–Crippen LogP) is 2.23. The lowest BCUT2D eigenvalue weighted by atomic mass is 10.1. The molecule has 58 valence electrons. The summed E-state index contributed by atoms with van der Waals surface area (Å²) in [5, 5.41) is 0. The van der Waals surface area contributed by atoms with Crippen LogP contribution in [0.1, 0.15) is 33.1 Å². The van der Waals surface area contributed by atoms with Crippen LogP contribution in [0.3, 0.4) is 0 Å². The van der Waals surface area contributed by atoms with Gasteiger partial charge in [0.15, 0.2) is 0 Å². The van der Waals surface area contributed by atoms with Crippen LogP contribution in [0.2, 0.25) is 0 Å². The van der Waals surface area contributed by atoms with Crippen LogP contribution >= 0.6 is 11.6 Å². The fourth-order valence-electron chi connectivity index (χ4n) is 1.39. The van der Waals surface area contributed by atoms with E-state index in [1.54, 1.807) is 0 Å². The van der Waals surface area contributed by atoms with E-state index >= 15 is 0 Å². The normalized spacial score (nSPS) is 26.7. The highest BCUT2D eigenvalue weighted by molar-refractivity contribution is 6.19. The van der Waals surface area contributed by atoms with Crippen molar-refractivity contribution in [2.75, 3.05) is 6.54 Å².